The normalized spacial score (nSPS) is 26.5. The second-order valence-corrected chi connectivity index (χ2v) is 6.28. The summed E-state index contributed by atoms with van der Waals surface area (Å²) in [5.41, 5.74) is 0.774. The molecular formula is C16H23NO3. The zero-order valence-electron chi connectivity index (χ0n) is 12.0. The van der Waals surface area contributed by atoms with Crippen LogP contribution < -0.4 is 5.32 Å². The molecule has 0 radical (unpaired) electrons. The van der Waals surface area contributed by atoms with E-state index in [0.717, 1.165) is 12.0 Å². The highest BCUT2D eigenvalue weighted by Gasteiger charge is 2.39. The molecule has 1 saturated carbocycles. The predicted molar refractivity (Wildman–Crippen MR) is 77.1 cm³/mol. The lowest BCUT2D eigenvalue weighted by molar-refractivity contribution is -0.130. The summed E-state index contributed by atoms with van der Waals surface area (Å²) in [4.78, 5) is 12.2. The maximum atomic E-state index is 12.2. The Labute approximate surface area is 119 Å². The summed E-state index contributed by atoms with van der Waals surface area (Å²) >= 11 is 0. The molecule has 0 saturated heterocycles. The second kappa shape index (κ2) is 5.94. The number of aliphatic hydroxyl groups is 2. The molecule has 0 spiro atoms. The molecule has 3 atom stereocenters. The van der Waals surface area contributed by atoms with Crippen molar-refractivity contribution in [2.45, 2.75) is 50.9 Å². The van der Waals surface area contributed by atoms with E-state index in [0.29, 0.717) is 12.8 Å². The molecule has 1 aromatic carbocycles. The molecule has 2 rings (SSSR count). The molecule has 1 aliphatic rings. The molecule has 1 amide bonds. The van der Waals surface area contributed by atoms with Gasteiger partial charge in [-0.05, 0) is 38.7 Å². The van der Waals surface area contributed by atoms with E-state index in [9.17, 15) is 15.0 Å². The van der Waals surface area contributed by atoms with Gasteiger partial charge in [-0.1, -0.05) is 30.3 Å². The predicted octanol–water partition coefficient (Wildman–Crippen LogP) is 1.26. The fraction of sp³-hybridized carbons (Fsp3) is 0.562. The molecule has 1 aliphatic carbocycles. The highest BCUT2D eigenvalue weighted by Crippen LogP contribution is 2.27. The van der Waals surface area contributed by atoms with Gasteiger partial charge in [-0.3, -0.25) is 4.79 Å². The van der Waals surface area contributed by atoms with Crippen LogP contribution in [-0.4, -0.2) is 33.9 Å². The van der Waals surface area contributed by atoms with E-state index in [1.54, 1.807) is 0 Å². The Morgan fingerprint density at radius 3 is 2.45 bits per heavy atom. The van der Waals surface area contributed by atoms with Gasteiger partial charge in [-0.15, -0.1) is 0 Å². The van der Waals surface area contributed by atoms with E-state index in [1.807, 2.05) is 44.2 Å². The number of aliphatic hydroxyl groups excluding tert-OH is 2. The van der Waals surface area contributed by atoms with Crippen LogP contribution >= 0.6 is 0 Å². The Morgan fingerprint density at radius 1 is 1.25 bits per heavy atom. The van der Waals surface area contributed by atoms with Crippen LogP contribution in [0.15, 0.2) is 30.3 Å². The molecular weight excluding hydrogens is 254 g/mol. The minimum Gasteiger partial charge on any atom is -0.390 e. The largest absolute Gasteiger partial charge is 0.390 e. The number of hydrogen-bond acceptors (Lipinski definition) is 3. The number of benzene rings is 1. The number of carbonyl (C=O) groups is 1. The SMILES string of the molecule is CC(C)(Cc1ccccc1)NC(=O)C1CCC(O)C1O. The van der Waals surface area contributed by atoms with Crippen molar-refractivity contribution in [3.63, 3.8) is 0 Å². The van der Waals surface area contributed by atoms with Crippen molar-refractivity contribution < 1.29 is 15.0 Å². The minimum atomic E-state index is -0.942. The highest BCUT2D eigenvalue weighted by molar-refractivity contribution is 5.80. The standard InChI is InChI=1S/C16H23NO3/c1-16(2,10-11-6-4-3-5-7-11)17-15(20)12-8-9-13(18)14(12)19/h3-7,12-14,18-19H,8-10H2,1-2H3,(H,17,20). The maximum absolute atomic E-state index is 12.2. The van der Waals surface area contributed by atoms with Gasteiger partial charge in [0.25, 0.3) is 0 Å². The van der Waals surface area contributed by atoms with Crippen LogP contribution in [-0.2, 0) is 11.2 Å². The molecule has 0 aromatic heterocycles. The first-order valence-electron chi connectivity index (χ1n) is 7.11. The average molecular weight is 277 g/mol. The van der Waals surface area contributed by atoms with E-state index in [4.69, 9.17) is 0 Å². The van der Waals surface area contributed by atoms with Gasteiger partial charge in [-0.25, -0.2) is 0 Å². The molecule has 0 heterocycles. The van der Waals surface area contributed by atoms with Crippen molar-refractivity contribution in [3.8, 4) is 0 Å². The molecule has 3 N–H and O–H groups in total. The number of amides is 1. The Kier molecular flexibility index (Phi) is 4.45. The van der Waals surface area contributed by atoms with E-state index < -0.39 is 18.1 Å². The number of hydrogen-bond donors (Lipinski definition) is 3. The molecule has 20 heavy (non-hydrogen) atoms. The van der Waals surface area contributed by atoms with Crippen molar-refractivity contribution in [3.05, 3.63) is 35.9 Å². The van der Waals surface area contributed by atoms with Crippen LogP contribution in [0.2, 0.25) is 0 Å². The summed E-state index contributed by atoms with van der Waals surface area (Å²) in [6, 6.07) is 9.98. The van der Waals surface area contributed by atoms with Crippen LogP contribution in [0, 0.1) is 5.92 Å². The lowest BCUT2D eigenvalue weighted by Gasteiger charge is -2.29. The van der Waals surface area contributed by atoms with E-state index in [1.165, 1.54) is 0 Å². The molecule has 110 valence electrons. The fourth-order valence-corrected chi connectivity index (χ4v) is 2.82. The zero-order chi connectivity index (χ0) is 14.8. The van der Waals surface area contributed by atoms with Gasteiger partial charge in [0.1, 0.15) is 0 Å². The first-order chi connectivity index (χ1) is 9.39. The summed E-state index contributed by atoms with van der Waals surface area (Å²) < 4.78 is 0. The number of rotatable bonds is 4. The lowest BCUT2D eigenvalue weighted by atomic mass is 9.93. The zero-order valence-corrected chi connectivity index (χ0v) is 12.0. The molecule has 3 unspecified atom stereocenters. The monoisotopic (exact) mass is 277 g/mol. The third-order valence-corrected chi connectivity index (χ3v) is 3.87. The first-order valence-corrected chi connectivity index (χ1v) is 7.11. The summed E-state index contributed by atoms with van der Waals surface area (Å²) in [7, 11) is 0. The van der Waals surface area contributed by atoms with Gasteiger partial charge in [0.2, 0.25) is 5.91 Å². The third kappa shape index (κ3) is 3.58. The Hall–Kier alpha value is -1.39. The topological polar surface area (TPSA) is 69.6 Å². The Morgan fingerprint density at radius 2 is 1.90 bits per heavy atom. The molecule has 0 aliphatic heterocycles. The van der Waals surface area contributed by atoms with Crippen LogP contribution in [0.25, 0.3) is 0 Å². The summed E-state index contributed by atoms with van der Waals surface area (Å²) in [5.74, 6) is -0.671. The molecule has 1 aromatic rings. The summed E-state index contributed by atoms with van der Waals surface area (Å²) in [5, 5.41) is 22.3. The third-order valence-electron chi connectivity index (χ3n) is 3.87. The number of carbonyl (C=O) groups excluding carboxylic acids is 1. The molecule has 4 nitrogen and oxygen atoms in total. The van der Waals surface area contributed by atoms with Crippen LogP contribution in [0.1, 0.15) is 32.3 Å². The highest BCUT2D eigenvalue weighted by atomic mass is 16.3. The van der Waals surface area contributed by atoms with E-state index in [-0.39, 0.29) is 11.4 Å². The van der Waals surface area contributed by atoms with Crippen molar-refractivity contribution in [1.82, 2.24) is 5.32 Å². The molecule has 0 bridgehead atoms. The van der Waals surface area contributed by atoms with Gasteiger partial charge in [0, 0.05) is 5.54 Å². The average Bonchev–Trinajstić information content (AvgIpc) is 2.70. The van der Waals surface area contributed by atoms with Gasteiger partial charge >= 0.3 is 0 Å². The minimum absolute atomic E-state index is 0.171. The van der Waals surface area contributed by atoms with E-state index in [2.05, 4.69) is 5.32 Å². The molecule has 1 fully saturated rings. The van der Waals surface area contributed by atoms with Gasteiger partial charge in [0.15, 0.2) is 0 Å². The number of nitrogens with one attached hydrogen (secondary N) is 1. The van der Waals surface area contributed by atoms with Crippen LogP contribution in [0.5, 0.6) is 0 Å². The molecule has 4 heteroatoms. The second-order valence-electron chi connectivity index (χ2n) is 6.28. The first kappa shape index (κ1) is 15.0. The summed E-state index contributed by atoms with van der Waals surface area (Å²) in [6.07, 6.45) is 0.0318. The lowest BCUT2D eigenvalue weighted by Crippen LogP contribution is -2.49. The van der Waals surface area contributed by atoms with Crippen molar-refractivity contribution in [2.24, 2.45) is 5.92 Å². The Bertz CT molecular complexity index is 458. The quantitative estimate of drug-likeness (QED) is 0.776. The van der Waals surface area contributed by atoms with Crippen molar-refractivity contribution in [2.75, 3.05) is 0 Å². The van der Waals surface area contributed by atoms with Crippen LogP contribution in [0.4, 0.5) is 0 Å². The van der Waals surface area contributed by atoms with Gasteiger partial charge < -0.3 is 15.5 Å². The van der Waals surface area contributed by atoms with Crippen LogP contribution in [0.3, 0.4) is 0 Å². The maximum Gasteiger partial charge on any atom is 0.226 e. The van der Waals surface area contributed by atoms with E-state index >= 15 is 0 Å². The van der Waals surface area contributed by atoms with Gasteiger partial charge in [-0.2, -0.15) is 0 Å². The van der Waals surface area contributed by atoms with Gasteiger partial charge in [0.05, 0.1) is 18.1 Å². The van der Waals surface area contributed by atoms with Crippen molar-refractivity contribution >= 4 is 5.91 Å². The van der Waals surface area contributed by atoms with Crippen molar-refractivity contribution in [1.29, 1.82) is 0 Å². The smallest absolute Gasteiger partial charge is 0.226 e. The Balaban J connectivity index is 1.96. The fourth-order valence-electron chi connectivity index (χ4n) is 2.82. The summed E-state index contributed by atoms with van der Waals surface area (Å²) in [6.45, 7) is 3.94.